The molecule has 92 valence electrons. The molecular weight excluding hydrogens is 204 g/mol. The molecule has 16 heavy (non-hydrogen) atoms. The van der Waals surface area contributed by atoms with E-state index in [9.17, 15) is 0 Å². The van der Waals surface area contributed by atoms with E-state index in [0.29, 0.717) is 6.54 Å². The van der Waals surface area contributed by atoms with E-state index in [2.05, 4.69) is 16.9 Å². The van der Waals surface area contributed by atoms with Crippen LogP contribution in [0.4, 0.5) is 11.5 Å². The summed E-state index contributed by atoms with van der Waals surface area (Å²) in [7, 11) is 1.89. The Labute approximate surface area is 96.9 Å². The molecule has 0 saturated heterocycles. The molecule has 0 spiro atoms. The molecule has 0 unspecified atom stereocenters. The van der Waals surface area contributed by atoms with E-state index in [1.807, 2.05) is 14.0 Å². The average Bonchev–Trinajstić information content (AvgIpc) is 2.54. The molecule has 0 atom stereocenters. The summed E-state index contributed by atoms with van der Waals surface area (Å²) < 4.78 is 1.81. The van der Waals surface area contributed by atoms with Crippen molar-refractivity contribution in [2.75, 3.05) is 30.3 Å². The van der Waals surface area contributed by atoms with Gasteiger partial charge in [-0.05, 0) is 12.8 Å². The summed E-state index contributed by atoms with van der Waals surface area (Å²) in [6.45, 7) is 5.76. The minimum Gasteiger partial charge on any atom is -0.395 e. The first-order valence-corrected chi connectivity index (χ1v) is 5.82. The fraction of sp³-hybridized carbons (Fsp3) is 0.727. The van der Waals surface area contributed by atoms with Crippen LogP contribution in [0.5, 0.6) is 0 Å². The predicted octanol–water partition coefficient (Wildman–Crippen LogP) is 0.773. The molecule has 0 fully saturated rings. The van der Waals surface area contributed by atoms with Crippen LogP contribution in [0.15, 0.2) is 0 Å². The number of aryl methyl sites for hydroxylation is 2. The number of aromatic nitrogens is 2. The highest BCUT2D eigenvalue weighted by Gasteiger charge is 2.17. The van der Waals surface area contributed by atoms with Crippen LogP contribution in [0.25, 0.3) is 0 Å². The summed E-state index contributed by atoms with van der Waals surface area (Å²) >= 11 is 0. The molecule has 1 rings (SSSR count). The molecule has 1 heterocycles. The lowest BCUT2D eigenvalue weighted by atomic mass is 10.2. The number of hydrogen-bond acceptors (Lipinski definition) is 4. The van der Waals surface area contributed by atoms with Gasteiger partial charge in [0, 0.05) is 20.1 Å². The number of nitrogen functional groups attached to an aromatic ring is 1. The molecule has 5 nitrogen and oxygen atoms in total. The van der Waals surface area contributed by atoms with E-state index < -0.39 is 0 Å². The van der Waals surface area contributed by atoms with Crippen molar-refractivity contribution in [3.63, 3.8) is 0 Å². The Morgan fingerprint density at radius 1 is 1.38 bits per heavy atom. The second-order valence-electron chi connectivity index (χ2n) is 3.87. The lowest BCUT2D eigenvalue weighted by Crippen LogP contribution is -2.30. The fourth-order valence-corrected chi connectivity index (χ4v) is 1.94. The molecular formula is C11H22N4O. The van der Waals surface area contributed by atoms with Crippen LogP contribution < -0.4 is 10.6 Å². The van der Waals surface area contributed by atoms with Crippen molar-refractivity contribution in [3.05, 3.63) is 5.69 Å². The zero-order valence-electron chi connectivity index (χ0n) is 10.4. The number of hydrogen-bond donors (Lipinski definition) is 2. The smallest absolute Gasteiger partial charge is 0.150 e. The van der Waals surface area contributed by atoms with E-state index >= 15 is 0 Å². The van der Waals surface area contributed by atoms with Crippen LogP contribution in [-0.2, 0) is 13.5 Å². The minimum atomic E-state index is 0.131. The van der Waals surface area contributed by atoms with Crippen LogP contribution in [0.2, 0.25) is 0 Å². The third-order valence-electron chi connectivity index (χ3n) is 2.63. The van der Waals surface area contributed by atoms with E-state index in [-0.39, 0.29) is 6.61 Å². The molecule has 0 aromatic carbocycles. The fourth-order valence-electron chi connectivity index (χ4n) is 1.94. The largest absolute Gasteiger partial charge is 0.395 e. The van der Waals surface area contributed by atoms with Crippen LogP contribution >= 0.6 is 0 Å². The third-order valence-corrected chi connectivity index (χ3v) is 2.63. The van der Waals surface area contributed by atoms with Crippen LogP contribution in [-0.4, -0.2) is 34.6 Å². The van der Waals surface area contributed by atoms with Gasteiger partial charge >= 0.3 is 0 Å². The summed E-state index contributed by atoms with van der Waals surface area (Å²) in [5.41, 5.74) is 7.74. The molecule has 1 aromatic rings. The molecule has 0 radical (unpaired) electrons. The summed E-state index contributed by atoms with van der Waals surface area (Å²) in [5, 5.41) is 13.4. The van der Waals surface area contributed by atoms with Gasteiger partial charge in [-0.2, -0.15) is 5.10 Å². The number of aliphatic hydroxyl groups is 1. The predicted molar refractivity (Wildman–Crippen MR) is 66.6 cm³/mol. The number of rotatable bonds is 6. The maximum absolute atomic E-state index is 9.06. The van der Waals surface area contributed by atoms with E-state index in [4.69, 9.17) is 10.8 Å². The van der Waals surface area contributed by atoms with Crippen molar-refractivity contribution in [2.45, 2.75) is 26.7 Å². The van der Waals surface area contributed by atoms with Crippen molar-refractivity contribution >= 4 is 11.5 Å². The summed E-state index contributed by atoms with van der Waals surface area (Å²) in [5.74, 6) is 0.924. The number of nitrogens with zero attached hydrogens (tertiary/aromatic N) is 3. The maximum atomic E-state index is 9.06. The molecule has 0 aliphatic heterocycles. The van der Waals surface area contributed by atoms with Gasteiger partial charge in [-0.15, -0.1) is 0 Å². The molecule has 0 aliphatic carbocycles. The Balaban J connectivity index is 3.02. The van der Waals surface area contributed by atoms with Crippen molar-refractivity contribution in [1.29, 1.82) is 0 Å². The Hall–Kier alpha value is -1.23. The lowest BCUT2D eigenvalue weighted by Gasteiger charge is -2.23. The molecule has 0 saturated carbocycles. The quantitative estimate of drug-likeness (QED) is 0.752. The number of nitrogens with two attached hydrogens (primary N) is 1. The molecule has 0 aliphatic rings. The molecule has 3 N–H and O–H groups in total. The van der Waals surface area contributed by atoms with Crippen molar-refractivity contribution in [2.24, 2.45) is 7.05 Å². The van der Waals surface area contributed by atoms with Gasteiger partial charge in [0.15, 0.2) is 0 Å². The highest BCUT2D eigenvalue weighted by molar-refractivity contribution is 5.66. The first kappa shape index (κ1) is 12.8. The van der Waals surface area contributed by atoms with Gasteiger partial charge < -0.3 is 15.7 Å². The number of aliphatic hydroxyl groups excluding tert-OH is 1. The number of anilines is 2. The third kappa shape index (κ3) is 2.47. The molecule has 5 heteroatoms. The second-order valence-corrected chi connectivity index (χ2v) is 3.87. The van der Waals surface area contributed by atoms with Crippen molar-refractivity contribution < 1.29 is 5.11 Å². The lowest BCUT2D eigenvalue weighted by molar-refractivity contribution is 0.301. The van der Waals surface area contributed by atoms with Crippen LogP contribution in [0.3, 0.4) is 0 Å². The second kappa shape index (κ2) is 5.75. The zero-order chi connectivity index (χ0) is 12.1. The van der Waals surface area contributed by atoms with E-state index in [0.717, 1.165) is 36.6 Å². The van der Waals surface area contributed by atoms with Gasteiger partial charge in [0.2, 0.25) is 0 Å². The van der Waals surface area contributed by atoms with E-state index in [1.54, 1.807) is 4.68 Å². The van der Waals surface area contributed by atoms with Crippen molar-refractivity contribution in [3.8, 4) is 0 Å². The Morgan fingerprint density at radius 2 is 2.06 bits per heavy atom. The van der Waals surface area contributed by atoms with Gasteiger partial charge in [0.25, 0.3) is 0 Å². The maximum Gasteiger partial charge on any atom is 0.150 e. The van der Waals surface area contributed by atoms with Gasteiger partial charge in [0.05, 0.1) is 18.0 Å². The topological polar surface area (TPSA) is 67.3 Å². The Bertz CT molecular complexity index is 329. The van der Waals surface area contributed by atoms with Gasteiger partial charge in [-0.1, -0.05) is 13.8 Å². The van der Waals surface area contributed by atoms with Gasteiger partial charge in [-0.3, -0.25) is 4.68 Å². The monoisotopic (exact) mass is 226 g/mol. The zero-order valence-corrected chi connectivity index (χ0v) is 10.4. The highest BCUT2D eigenvalue weighted by atomic mass is 16.3. The molecule has 0 bridgehead atoms. The normalized spacial score (nSPS) is 10.8. The van der Waals surface area contributed by atoms with Crippen LogP contribution in [0.1, 0.15) is 26.0 Å². The Kier molecular flexibility index (Phi) is 4.61. The SMILES string of the molecule is CCCN(CCO)c1c(N)c(CC)nn1C. The summed E-state index contributed by atoms with van der Waals surface area (Å²) in [6.07, 6.45) is 1.85. The minimum absolute atomic E-state index is 0.131. The van der Waals surface area contributed by atoms with E-state index in [1.165, 1.54) is 0 Å². The van der Waals surface area contributed by atoms with Gasteiger partial charge in [0.1, 0.15) is 5.82 Å². The Morgan fingerprint density at radius 3 is 2.50 bits per heavy atom. The summed E-state index contributed by atoms with van der Waals surface area (Å²) in [4.78, 5) is 2.08. The van der Waals surface area contributed by atoms with Crippen LogP contribution in [0, 0.1) is 0 Å². The van der Waals surface area contributed by atoms with Gasteiger partial charge in [-0.25, -0.2) is 0 Å². The summed E-state index contributed by atoms with van der Waals surface area (Å²) in [6, 6.07) is 0. The standard InChI is InChI=1S/C11H22N4O/c1-4-6-15(7-8-16)11-10(12)9(5-2)13-14(11)3/h16H,4-8,12H2,1-3H3. The first-order chi connectivity index (χ1) is 7.65. The average molecular weight is 226 g/mol. The van der Waals surface area contributed by atoms with Crippen molar-refractivity contribution in [1.82, 2.24) is 9.78 Å². The first-order valence-electron chi connectivity index (χ1n) is 5.82. The molecule has 1 aromatic heterocycles. The molecule has 0 amide bonds. The highest BCUT2D eigenvalue weighted by Crippen LogP contribution is 2.26.